The Kier molecular flexibility index (Phi) is 41.5. The summed E-state index contributed by atoms with van der Waals surface area (Å²) in [6.45, 7) is 17.4. The highest BCUT2D eigenvalue weighted by Gasteiger charge is 1.94. The maximum absolute atomic E-state index is 9.60. The monoisotopic (exact) mass is 498 g/mol. The lowest BCUT2D eigenvalue weighted by Gasteiger charge is -1.96. The molecule has 0 atom stereocenters. The number of rotatable bonds is 7. The highest BCUT2D eigenvalue weighted by atomic mass is 16.4. The quantitative estimate of drug-likeness (QED) is 0.208. The Morgan fingerprint density at radius 2 is 0.647 bits per heavy atom. The van der Waals surface area contributed by atoms with Crippen LogP contribution in [-0.2, 0) is 19.2 Å². The minimum Gasteiger partial charge on any atom is -0.478 e. The topological polar surface area (TPSA) is 250 Å². The molecule has 0 fully saturated rings. The van der Waals surface area contributed by atoms with Gasteiger partial charge < -0.3 is 46.0 Å². The van der Waals surface area contributed by atoms with E-state index < -0.39 is 30.0 Å². The van der Waals surface area contributed by atoms with Crippen molar-refractivity contribution in [2.75, 3.05) is 26.4 Å². The van der Waals surface area contributed by atoms with E-state index in [2.05, 4.69) is 26.3 Å². The molecule has 0 amide bonds. The van der Waals surface area contributed by atoms with Crippen molar-refractivity contribution in [2.24, 2.45) is 0 Å². The summed E-state index contributed by atoms with van der Waals surface area (Å²) in [6.07, 6.45) is -0.954. The standard InChI is InChI=1S/4C4H6O2.C3H8O3.C2H6O2/c4*1-3(2)4(5)6;4-1-3(6)2-5;3-1-2-4/h4*1H2,2H3,(H,5,6);3-6H,1-2H2;3-4H,1-2H2. The van der Waals surface area contributed by atoms with Crippen molar-refractivity contribution in [1.29, 1.82) is 0 Å². The van der Waals surface area contributed by atoms with Gasteiger partial charge in [-0.25, -0.2) is 19.2 Å². The number of carboxylic acid groups (broad SMARTS) is 4. The minimum absolute atomic E-state index is 0.125. The second kappa shape index (κ2) is 31.8. The molecule has 0 bridgehead atoms. The van der Waals surface area contributed by atoms with Crippen molar-refractivity contribution in [3.8, 4) is 0 Å². The van der Waals surface area contributed by atoms with Gasteiger partial charge in [-0.3, -0.25) is 0 Å². The van der Waals surface area contributed by atoms with Gasteiger partial charge in [-0.1, -0.05) is 26.3 Å². The maximum atomic E-state index is 9.60. The molecule has 9 N–H and O–H groups in total. The third-order valence-corrected chi connectivity index (χ3v) is 1.98. The van der Waals surface area contributed by atoms with E-state index in [1.54, 1.807) is 0 Å². The molecule has 0 rings (SSSR count). The molecule has 0 aliphatic rings. The van der Waals surface area contributed by atoms with Crippen LogP contribution in [0.3, 0.4) is 0 Å². The molecule has 0 aromatic heterocycles. The third kappa shape index (κ3) is 70.3. The molecule has 0 heterocycles. The van der Waals surface area contributed by atoms with Crippen molar-refractivity contribution in [3.63, 3.8) is 0 Å². The number of aliphatic hydroxyl groups is 5. The van der Waals surface area contributed by atoms with Crippen molar-refractivity contribution >= 4 is 23.9 Å². The van der Waals surface area contributed by atoms with Crippen LogP contribution in [0.15, 0.2) is 48.6 Å². The van der Waals surface area contributed by atoms with Gasteiger partial charge in [0, 0.05) is 22.3 Å². The first-order valence-electron chi connectivity index (χ1n) is 8.96. The molecule has 0 aliphatic carbocycles. The average molecular weight is 499 g/mol. The van der Waals surface area contributed by atoms with Gasteiger partial charge >= 0.3 is 23.9 Å². The lowest BCUT2D eigenvalue weighted by atomic mass is 10.4. The zero-order valence-corrected chi connectivity index (χ0v) is 19.9. The summed E-state index contributed by atoms with van der Waals surface area (Å²) in [5.74, 6) is -3.74. The Labute approximate surface area is 198 Å². The second-order valence-corrected chi connectivity index (χ2v) is 5.81. The fourth-order valence-electron chi connectivity index (χ4n) is 0.0577. The molecule has 13 heteroatoms. The van der Waals surface area contributed by atoms with Gasteiger partial charge in [-0.2, -0.15) is 0 Å². The normalized spacial score (nSPS) is 7.94. The molecule has 0 saturated heterocycles. The van der Waals surface area contributed by atoms with Crippen LogP contribution in [0.25, 0.3) is 0 Å². The van der Waals surface area contributed by atoms with E-state index in [1.807, 2.05) is 0 Å². The summed E-state index contributed by atoms with van der Waals surface area (Å²) in [7, 11) is 0. The fraction of sp³-hybridized carbons (Fsp3) is 0.429. The van der Waals surface area contributed by atoms with Crippen molar-refractivity contribution in [2.45, 2.75) is 33.8 Å². The van der Waals surface area contributed by atoms with Gasteiger partial charge in [-0.05, 0) is 27.7 Å². The molecule has 0 aromatic carbocycles. The fourth-order valence-corrected chi connectivity index (χ4v) is 0.0577. The summed E-state index contributed by atoms with van der Waals surface area (Å²) in [6, 6.07) is 0. The molecule has 0 spiro atoms. The summed E-state index contributed by atoms with van der Waals surface area (Å²) >= 11 is 0. The smallest absolute Gasteiger partial charge is 0.330 e. The van der Waals surface area contributed by atoms with E-state index >= 15 is 0 Å². The lowest BCUT2D eigenvalue weighted by molar-refractivity contribution is -0.133. The van der Waals surface area contributed by atoms with Crippen LogP contribution < -0.4 is 0 Å². The molecule has 34 heavy (non-hydrogen) atoms. The van der Waals surface area contributed by atoms with E-state index in [9.17, 15) is 19.2 Å². The summed E-state index contributed by atoms with van der Waals surface area (Å²) in [5.41, 5.74) is 0.704. The Hall–Kier alpha value is -3.36. The van der Waals surface area contributed by atoms with Gasteiger partial charge in [0.25, 0.3) is 0 Å². The van der Waals surface area contributed by atoms with Gasteiger partial charge in [-0.15, -0.1) is 0 Å². The summed E-state index contributed by atoms with van der Waals surface area (Å²) in [4.78, 5) is 38.4. The zero-order valence-electron chi connectivity index (χ0n) is 19.9. The van der Waals surface area contributed by atoms with Crippen LogP contribution in [-0.4, -0.2) is 102 Å². The number of carbonyl (C=O) groups is 4. The van der Waals surface area contributed by atoms with Crippen LogP contribution in [0.2, 0.25) is 0 Å². The Morgan fingerprint density at radius 3 is 0.647 bits per heavy atom. The third-order valence-electron chi connectivity index (χ3n) is 1.98. The molecule has 0 radical (unpaired) electrons. The minimum atomic E-state index is -0.954. The van der Waals surface area contributed by atoms with E-state index in [0.29, 0.717) is 0 Å². The van der Waals surface area contributed by atoms with Crippen molar-refractivity contribution in [3.05, 3.63) is 48.6 Å². The Bertz CT molecular complexity index is 487. The van der Waals surface area contributed by atoms with E-state index in [0.717, 1.165) is 0 Å². The Balaban J connectivity index is -0.0000000695. The van der Waals surface area contributed by atoms with Gasteiger partial charge in [0.15, 0.2) is 0 Å². The molecule has 200 valence electrons. The number of carboxylic acids is 4. The molecular formula is C21H38O13. The maximum Gasteiger partial charge on any atom is 0.330 e. The zero-order chi connectivity index (χ0) is 29.0. The van der Waals surface area contributed by atoms with Crippen LogP contribution in [0.1, 0.15) is 27.7 Å². The SMILES string of the molecule is C=C(C)C(=O)O.C=C(C)C(=O)O.C=C(C)C(=O)O.C=C(C)C(=O)O.OCC(O)CO.OCCO. The molecule has 13 nitrogen and oxygen atoms in total. The first-order chi connectivity index (χ1) is 15.3. The predicted octanol–water partition coefficient (Wildman–Crippen LogP) is -0.109. The van der Waals surface area contributed by atoms with Gasteiger partial charge in [0.1, 0.15) is 6.10 Å². The van der Waals surface area contributed by atoms with E-state index in [-0.39, 0.29) is 48.7 Å². The second-order valence-electron chi connectivity index (χ2n) is 5.81. The van der Waals surface area contributed by atoms with Crippen molar-refractivity contribution < 1.29 is 65.1 Å². The molecule has 0 unspecified atom stereocenters. The first-order valence-corrected chi connectivity index (χ1v) is 8.96. The highest BCUT2D eigenvalue weighted by molar-refractivity contribution is 5.85. The van der Waals surface area contributed by atoms with Gasteiger partial charge in [0.05, 0.1) is 26.4 Å². The Morgan fingerprint density at radius 1 is 0.529 bits per heavy atom. The van der Waals surface area contributed by atoms with Crippen LogP contribution >= 0.6 is 0 Å². The van der Waals surface area contributed by atoms with Crippen LogP contribution in [0.4, 0.5) is 0 Å². The van der Waals surface area contributed by atoms with E-state index in [4.69, 9.17) is 46.0 Å². The largest absolute Gasteiger partial charge is 0.478 e. The molecular weight excluding hydrogens is 460 g/mol. The lowest BCUT2D eigenvalue weighted by Crippen LogP contribution is -2.15. The molecule has 0 aromatic rings. The number of aliphatic carboxylic acids is 4. The molecule has 0 saturated carbocycles. The number of hydrogen-bond donors (Lipinski definition) is 9. The van der Waals surface area contributed by atoms with Crippen molar-refractivity contribution in [1.82, 2.24) is 0 Å². The summed E-state index contributed by atoms with van der Waals surface area (Å²) < 4.78 is 0. The average Bonchev–Trinajstić information content (AvgIpc) is 2.74. The first kappa shape index (κ1) is 44.3. The van der Waals surface area contributed by atoms with Gasteiger partial charge in [0.2, 0.25) is 0 Å². The number of aliphatic hydroxyl groups excluding tert-OH is 5. The predicted molar refractivity (Wildman–Crippen MR) is 124 cm³/mol. The highest BCUT2D eigenvalue weighted by Crippen LogP contribution is 1.82. The van der Waals surface area contributed by atoms with Crippen LogP contribution in [0, 0.1) is 0 Å². The van der Waals surface area contributed by atoms with E-state index in [1.165, 1.54) is 27.7 Å². The number of hydrogen-bond acceptors (Lipinski definition) is 9. The summed E-state index contributed by atoms with van der Waals surface area (Å²) in [5, 5.41) is 70.8. The van der Waals surface area contributed by atoms with Crippen LogP contribution in [0.5, 0.6) is 0 Å². The molecule has 0 aliphatic heterocycles.